The van der Waals surface area contributed by atoms with Gasteiger partial charge in [0.2, 0.25) is 0 Å². The highest BCUT2D eigenvalue weighted by atomic mass is 15.1. The summed E-state index contributed by atoms with van der Waals surface area (Å²) >= 11 is 0. The lowest BCUT2D eigenvalue weighted by molar-refractivity contribution is 0.162. The zero-order valence-corrected chi connectivity index (χ0v) is 9.42. The maximum atomic E-state index is 5.31. The van der Waals surface area contributed by atoms with E-state index < -0.39 is 0 Å². The van der Waals surface area contributed by atoms with Crippen molar-refractivity contribution in [3.63, 3.8) is 0 Å². The molecule has 80 valence electrons. The van der Waals surface area contributed by atoms with E-state index in [1.807, 2.05) is 0 Å². The Balaban J connectivity index is 2.29. The number of hydrogen-bond donors (Lipinski definition) is 1. The van der Waals surface area contributed by atoms with Crippen LogP contribution in [0.3, 0.4) is 0 Å². The minimum absolute atomic E-state index is 0.698. The van der Waals surface area contributed by atoms with Crippen LogP contribution in [0.15, 0.2) is 0 Å². The normalized spacial score (nSPS) is 28.6. The molecule has 14 heavy (non-hydrogen) atoms. The minimum atomic E-state index is 0.698. The molecule has 2 heteroatoms. The Bertz CT molecular complexity index is 195. The third-order valence-electron chi connectivity index (χ3n) is 2.96. The van der Waals surface area contributed by atoms with E-state index in [0.29, 0.717) is 6.04 Å². The first-order valence-corrected chi connectivity index (χ1v) is 5.67. The fraction of sp³-hybridized carbons (Fsp3) is 0.833. The summed E-state index contributed by atoms with van der Waals surface area (Å²) in [6.45, 7) is 8.78. The molecule has 1 heterocycles. The summed E-state index contributed by atoms with van der Waals surface area (Å²) < 4.78 is 0. The van der Waals surface area contributed by atoms with Crippen LogP contribution in [0.4, 0.5) is 0 Å². The maximum Gasteiger partial charge on any atom is 0.0599 e. The number of rotatable bonds is 4. The van der Waals surface area contributed by atoms with E-state index in [9.17, 15) is 0 Å². The summed E-state index contributed by atoms with van der Waals surface area (Å²) in [5.74, 6) is 3.45. The number of terminal acetylenes is 1. The summed E-state index contributed by atoms with van der Waals surface area (Å²) in [7, 11) is 0. The van der Waals surface area contributed by atoms with Crippen LogP contribution < -0.4 is 5.32 Å². The molecule has 0 amide bonds. The average molecular weight is 194 g/mol. The molecule has 1 N–H and O–H groups in total. The van der Waals surface area contributed by atoms with Crippen molar-refractivity contribution >= 4 is 0 Å². The molecule has 2 unspecified atom stereocenters. The highest BCUT2D eigenvalue weighted by molar-refractivity contribution is 4.92. The van der Waals surface area contributed by atoms with E-state index in [0.717, 1.165) is 32.1 Å². The van der Waals surface area contributed by atoms with E-state index in [1.54, 1.807) is 0 Å². The number of likely N-dealkylation sites (tertiary alicyclic amines) is 1. The standard InChI is InChI=1S/C12H22N2/c1-4-7-13-12-6-9-14(8-5-2)10-11(12)3/h2,11-13H,4,6-10H2,1,3H3. The highest BCUT2D eigenvalue weighted by Crippen LogP contribution is 2.16. The first-order valence-electron chi connectivity index (χ1n) is 5.67. The quantitative estimate of drug-likeness (QED) is 0.679. The van der Waals surface area contributed by atoms with Crippen molar-refractivity contribution in [1.29, 1.82) is 0 Å². The lowest BCUT2D eigenvalue weighted by Crippen LogP contribution is -2.48. The van der Waals surface area contributed by atoms with Gasteiger partial charge in [0.25, 0.3) is 0 Å². The molecular weight excluding hydrogens is 172 g/mol. The molecule has 0 radical (unpaired) electrons. The lowest BCUT2D eigenvalue weighted by Gasteiger charge is -2.36. The molecule has 0 aromatic carbocycles. The van der Waals surface area contributed by atoms with Crippen LogP contribution in [0.1, 0.15) is 26.7 Å². The predicted octanol–water partition coefficient (Wildman–Crippen LogP) is 1.33. The molecule has 0 aromatic rings. The second-order valence-corrected chi connectivity index (χ2v) is 4.27. The summed E-state index contributed by atoms with van der Waals surface area (Å²) in [6, 6.07) is 0.698. The van der Waals surface area contributed by atoms with Crippen molar-refractivity contribution in [2.75, 3.05) is 26.2 Å². The van der Waals surface area contributed by atoms with E-state index in [2.05, 4.69) is 30.0 Å². The topological polar surface area (TPSA) is 15.3 Å². The summed E-state index contributed by atoms with van der Waals surface area (Å²) in [6.07, 6.45) is 7.77. The zero-order valence-electron chi connectivity index (χ0n) is 9.42. The second kappa shape index (κ2) is 6.06. The van der Waals surface area contributed by atoms with Gasteiger partial charge in [-0.05, 0) is 25.3 Å². The third-order valence-corrected chi connectivity index (χ3v) is 2.96. The average Bonchev–Trinajstić information content (AvgIpc) is 2.17. The Morgan fingerprint density at radius 3 is 2.93 bits per heavy atom. The largest absolute Gasteiger partial charge is 0.314 e. The molecule has 1 rings (SSSR count). The van der Waals surface area contributed by atoms with Crippen LogP contribution >= 0.6 is 0 Å². The van der Waals surface area contributed by atoms with Gasteiger partial charge >= 0.3 is 0 Å². The first kappa shape index (κ1) is 11.6. The second-order valence-electron chi connectivity index (χ2n) is 4.27. The van der Waals surface area contributed by atoms with E-state index >= 15 is 0 Å². The summed E-state index contributed by atoms with van der Waals surface area (Å²) in [4.78, 5) is 2.37. The van der Waals surface area contributed by atoms with E-state index in [1.165, 1.54) is 12.8 Å². The van der Waals surface area contributed by atoms with Gasteiger partial charge in [-0.1, -0.05) is 19.8 Å². The Morgan fingerprint density at radius 1 is 1.57 bits per heavy atom. The molecule has 1 aliphatic heterocycles. The number of hydrogen-bond acceptors (Lipinski definition) is 2. The van der Waals surface area contributed by atoms with Gasteiger partial charge in [0, 0.05) is 19.1 Å². The maximum absolute atomic E-state index is 5.31. The molecule has 1 saturated heterocycles. The van der Waals surface area contributed by atoms with Crippen molar-refractivity contribution in [1.82, 2.24) is 10.2 Å². The van der Waals surface area contributed by atoms with E-state index in [-0.39, 0.29) is 0 Å². The van der Waals surface area contributed by atoms with Crippen molar-refractivity contribution < 1.29 is 0 Å². The monoisotopic (exact) mass is 194 g/mol. The van der Waals surface area contributed by atoms with Crippen molar-refractivity contribution in [3.8, 4) is 12.3 Å². The van der Waals surface area contributed by atoms with Gasteiger partial charge < -0.3 is 5.32 Å². The zero-order chi connectivity index (χ0) is 10.4. The SMILES string of the molecule is C#CCN1CCC(NCCC)C(C)C1. The number of nitrogens with one attached hydrogen (secondary N) is 1. The van der Waals surface area contributed by atoms with Crippen LogP contribution in [0, 0.1) is 18.3 Å². The van der Waals surface area contributed by atoms with Gasteiger partial charge in [-0.25, -0.2) is 0 Å². The van der Waals surface area contributed by atoms with Crippen molar-refractivity contribution in [2.24, 2.45) is 5.92 Å². The summed E-state index contributed by atoms with van der Waals surface area (Å²) in [5.41, 5.74) is 0. The van der Waals surface area contributed by atoms with Gasteiger partial charge in [-0.15, -0.1) is 6.42 Å². The third kappa shape index (κ3) is 3.32. The van der Waals surface area contributed by atoms with Crippen LogP contribution in [-0.4, -0.2) is 37.1 Å². The molecular formula is C12H22N2. The van der Waals surface area contributed by atoms with E-state index in [4.69, 9.17) is 6.42 Å². The van der Waals surface area contributed by atoms with Crippen LogP contribution in [0.25, 0.3) is 0 Å². The minimum Gasteiger partial charge on any atom is -0.314 e. The molecule has 0 bridgehead atoms. The fourth-order valence-corrected chi connectivity index (χ4v) is 2.14. The molecule has 2 atom stereocenters. The molecule has 0 aliphatic carbocycles. The lowest BCUT2D eigenvalue weighted by atomic mass is 9.94. The van der Waals surface area contributed by atoms with Crippen LogP contribution in [0.2, 0.25) is 0 Å². The molecule has 1 fully saturated rings. The fourth-order valence-electron chi connectivity index (χ4n) is 2.14. The molecule has 0 spiro atoms. The van der Waals surface area contributed by atoms with Crippen LogP contribution in [0.5, 0.6) is 0 Å². The Labute approximate surface area is 88.1 Å². The van der Waals surface area contributed by atoms with Crippen molar-refractivity contribution in [2.45, 2.75) is 32.7 Å². The van der Waals surface area contributed by atoms with Gasteiger partial charge in [-0.3, -0.25) is 4.90 Å². The molecule has 0 aromatic heterocycles. The Morgan fingerprint density at radius 2 is 2.36 bits per heavy atom. The van der Waals surface area contributed by atoms with Gasteiger partial charge in [0.15, 0.2) is 0 Å². The number of nitrogens with zero attached hydrogens (tertiary/aromatic N) is 1. The van der Waals surface area contributed by atoms with Gasteiger partial charge in [-0.2, -0.15) is 0 Å². The molecule has 2 nitrogen and oxygen atoms in total. The Hall–Kier alpha value is -0.520. The van der Waals surface area contributed by atoms with Crippen LogP contribution in [-0.2, 0) is 0 Å². The van der Waals surface area contributed by atoms with Crippen molar-refractivity contribution in [3.05, 3.63) is 0 Å². The highest BCUT2D eigenvalue weighted by Gasteiger charge is 2.24. The first-order chi connectivity index (χ1) is 6.77. The van der Waals surface area contributed by atoms with Gasteiger partial charge in [0.05, 0.1) is 6.54 Å². The van der Waals surface area contributed by atoms with Gasteiger partial charge in [0.1, 0.15) is 0 Å². The number of piperidine rings is 1. The predicted molar refractivity (Wildman–Crippen MR) is 61.1 cm³/mol. The smallest absolute Gasteiger partial charge is 0.0599 e. The Kier molecular flexibility index (Phi) is 5.00. The summed E-state index contributed by atoms with van der Waals surface area (Å²) in [5, 5.41) is 3.61. The molecule has 0 saturated carbocycles. The molecule has 1 aliphatic rings.